The van der Waals surface area contributed by atoms with Gasteiger partial charge in [-0.05, 0) is 31.9 Å². The van der Waals surface area contributed by atoms with E-state index < -0.39 is 0 Å². The molecule has 0 saturated heterocycles. The summed E-state index contributed by atoms with van der Waals surface area (Å²) in [6.07, 6.45) is 2.09. The van der Waals surface area contributed by atoms with Crippen LogP contribution in [-0.2, 0) is 0 Å². The summed E-state index contributed by atoms with van der Waals surface area (Å²) in [7, 11) is 0. The minimum atomic E-state index is 0.0717. The van der Waals surface area contributed by atoms with Gasteiger partial charge in [-0.25, -0.2) is 0 Å². The number of nitrogens with two attached hydrogens (primary N) is 1. The van der Waals surface area contributed by atoms with Crippen molar-refractivity contribution in [3.05, 3.63) is 23.2 Å². The maximum absolute atomic E-state index is 5.89. The maximum atomic E-state index is 5.89. The van der Waals surface area contributed by atoms with Crippen LogP contribution in [0.25, 0.3) is 0 Å². The number of aryl methyl sites for hydroxylation is 2. The van der Waals surface area contributed by atoms with Crippen LogP contribution in [0.4, 0.5) is 0 Å². The molecule has 0 saturated carbocycles. The fourth-order valence-corrected chi connectivity index (χ4v) is 1.24. The van der Waals surface area contributed by atoms with Gasteiger partial charge in [-0.15, -0.1) is 0 Å². The molecule has 0 spiro atoms. The van der Waals surface area contributed by atoms with E-state index in [-0.39, 0.29) is 6.04 Å². The van der Waals surface area contributed by atoms with E-state index in [1.807, 2.05) is 19.9 Å². The second-order valence-corrected chi connectivity index (χ2v) is 3.28. The summed E-state index contributed by atoms with van der Waals surface area (Å²) < 4.78 is 5.50. The Hall–Kier alpha value is -0.760. The number of furan rings is 1. The Balaban J connectivity index is 2.74. The van der Waals surface area contributed by atoms with Crippen LogP contribution in [-0.4, -0.2) is 0 Å². The van der Waals surface area contributed by atoms with Gasteiger partial charge < -0.3 is 10.2 Å². The zero-order chi connectivity index (χ0) is 9.14. The molecule has 0 amide bonds. The molecule has 0 aliphatic heterocycles. The quantitative estimate of drug-likeness (QED) is 0.751. The van der Waals surface area contributed by atoms with Crippen LogP contribution in [0.3, 0.4) is 0 Å². The van der Waals surface area contributed by atoms with Crippen molar-refractivity contribution < 1.29 is 4.42 Å². The Morgan fingerprint density at radius 1 is 1.50 bits per heavy atom. The molecule has 0 unspecified atom stereocenters. The molecule has 1 atom stereocenters. The van der Waals surface area contributed by atoms with Gasteiger partial charge in [0.1, 0.15) is 11.5 Å². The first-order valence-corrected chi connectivity index (χ1v) is 4.47. The van der Waals surface area contributed by atoms with Gasteiger partial charge in [0.25, 0.3) is 0 Å². The fraction of sp³-hybridized carbons (Fsp3) is 0.600. The lowest BCUT2D eigenvalue weighted by Gasteiger charge is -2.05. The first-order valence-electron chi connectivity index (χ1n) is 4.47. The van der Waals surface area contributed by atoms with Crippen molar-refractivity contribution in [3.8, 4) is 0 Å². The van der Waals surface area contributed by atoms with Crippen LogP contribution < -0.4 is 5.73 Å². The second-order valence-electron chi connectivity index (χ2n) is 3.28. The molecule has 0 aliphatic carbocycles. The zero-order valence-electron chi connectivity index (χ0n) is 8.05. The van der Waals surface area contributed by atoms with Crippen molar-refractivity contribution in [1.29, 1.82) is 0 Å². The molecule has 12 heavy (non-hydrogen) atoms. The molecular weight excluding hydrogens is 150 g/mol. The molecule has 0 fully saturated rings. The zero-order valence-corrected chi connectivity index (χ0v) is 8.05. The van der Waals surface area contributed by atoms with E-state index in [4.69, 9.17) is 10.2 Å². The van der Waals surface area contributed by atoms with Gasteiger partial charge in [-0.2, -0.15) is 0 Å². The van der Waals surface area contributed by atoms with Crippen molar-refractivity contribution in [2.24, 2.45) is 5.73 Å². The summed E-state index contributed by atoms with van der Waals surface area (Å²) in [5.74, 6) is 1.91. The van der Waals surface area contributed by atoms with Gasteiger partial charge in [0.15, 0.2) is 0 Å². The average molecular weight is 167 g/mol. The van der Waals surface area contributed by atoms with Crippen molar-refractivity contribution >= 4 is 0 Å². The third kappa shape index (κ3) is 1.89. The Kier molecular flexibility index (Phi) is 2.93. The molecule has 1 aromatic heterocycles. The highest BCUT2D eigenvalue weighted by Gasteiger charge is 2.10. The standard InChI is InChI=1S/C10H17NO/c1-4-5-9(11)10-6-7(2)8(3)12-10/h6,9H,4-5,11H2,1-3H3/t9-/m0/s1. The Morgan fingerprint density at radius 3 is 2.58 bits per heavy atom. The molecule has 68 valence electrons. The Morgan fingerprint density at radius 2 is 2.17 bits per heavy atom. The number of hydrogen-bond donors (Lipinski definition) is 1. The smallest absolute Gasteiger partial charge is 0.121 e. The van der Waals surface area contributed by atoms with Crippen LogP contribution in [0.5, 0.6) is 0 Å². The SMILES string of the molecule is CCC[C@H](N)c1cc(C)c(C)o1. The molecule has 2 nitrogen and oxygen atoms in total. The summed E-state index contributed by atoms with van der Waals surface area (Å²) in [4.78, 5) is 0. The number of rotatable bonds is 3. The molecule has 0 aromatic carbocycles. The fourth-order valence-electron chi connectivity index (χ4n) is 1.24. The van der Waals surface area contributed by atoms with Crippen LogP contribution in [0.15, 0.2) is 10.5 Å². The Labute approximate surface area is 73.8 Å². The van der Waals surface area contributed by atoms with Crippen LogP contribution in [0.1, 0.15) is 42.9 Å². The van der Waals surface area contributed by atoms with Crippen LogP contribution in [0, 0.1) is 13.8 Å². The topological polar surface area (TPSA) is 39.2 Å². The minimum absolute atomic E-state index is 0.0717. The van der Waals surface area contributed by atoms with E-state index in [9.17, 15) is 0 Å². The molecule has 2 N–H and O–H groups in total. The van der Waals surface area contributed by atoms with E-state index in [1.54, 1.807) is 0 Å². The van der Waals surface area contributed by atoms with Crippen LogP contribution >= 0.6 is 0 Å². The minimum Gasteiger partial charge on any atom is -0.464 e. The summed E-state index contributed by atoms with van der Waals surface area (Å²) in [6.45, 7) is 6.14. The molecule has 2 heteroatoms. The molecule has 1 rings (SSSR count). The van der Waals surface area contributed by atoms with Gasteiger partial charge in [0.2, 0.25) is 0 Å². The first-order chi connectivity index (χ1) is 5.65. The second kappa shape index (κ2) is 3.76. The highest BCUT2D eigenvalue weighted by atomic mass is 16.3. The number of hydrogen-bond acceptors (Lipinski definition) is 2. The summed E-state index contributed by atoms with van der Waals surface area (Å²) >= 11 is 0. The lowest BCUT2D eigenvalue weighted by atomic mass is 10.1. The average Bonchev–Trinajstić information content (AvgIpc) is 2.33. The van der Waals surface area contributed by atoms with Crippen molar-refractivity contribution in [3.63, 3.8) is 0 Å². The summed E-state index contributed by atoms with van der Waals surface area (Å²) in [6, 6.07) is 2.11. The molecule has 0 bridgehead atoms. The molecule has 1 heterocycles. The third-order valence-corrected chi connectivity index (χ3v) is 2.15. The van der Waals surface area contributed by atoms with Crippen LogP contribution in [0.2, 0.25) is 0 Å². The lowest BCUT2D eigenvalue weighted by Crippen LogP contribution is -2.08. The molecule has 0 radical (unpaired) electrons. The third-order valence-electron chi connectivity index (χ3n) is 2.15. The molecular formula is C10H17NO. The normalized spacial score (nSPS) is 13.3. The lowest BCUT2D eigenvalue weighted by molar-refractivity contribution is 0.432. The van der Waals surface area contributed by atoms with Crippen molar-refractivity contribution in [1.82, 2.24) is 0 Å². The summed E-state index contributed by atoms with van der Waals surface area (Å²) in [5, 5.41) is 0. The molecule has 0 aliphatic rings. The first kappa shape index (κ1) is 9.33. The largest absolute Gasteiger partial charge is 0.464 e. The monoisotopic (exact) mass is 167 g/mol. The van der Waals surface area contributed by atoms with E-state index in [2.05, 4.69) is 6.92 Å². The van der Waals surface area contributed by atoms with Gasteiger partial charge in [0.05, 0.1) is 6.04 Å². The van der Waals surface area contributed by atoms with E-state index >= 15 is 0 Å². The van der Waals surface area contributed by atoms with Gasteiger partial charge in [0, 0.05) is 0 Å². The predicted octanol–water partition coefficient (Wildman–Crippen LogP) is 2.70. The summed E-state index contributed by atoms with van der Waals surface area (Å²) in [5.41, 5.74) is 7.09. The maximum Gasteiger partial charge on any atom is 0.121 e. The van der Waals surface area contributed by atoms with E-state index in [0.29, 0.717) is 0 Å². The van der Waals surface area contributed by atoms with Gasteiger partial charge in [-0.3, -0.25) is 0 Å². The van der Waals surface area contributed by atoms with Gasteiger partial charge in [-0.1, -0.05) is 13.3 Å². The molecule has 1 aromatic rings. The highest BCUT2D eigenvalue weighted by molar-refractivity contribution is 5.20. The highest BCUT2D eigenvalue weighted by Crippen LogP contribution is 2.21. The van der Waals surface area contributed by atoms with E-state index in [0.717, 1.165) is 24.4 Å². The van der Waals surface area contributed by atoms with Gasteiger partial charge >= 0.3 is 0 Å². The predicted molar refractivity (Wildman–Crippen MR) is 50.0 cm³/mol. The van der Waals surface area contributed by atoms with Crippen molar-refractivity contribution in [2.45, 2.75) is 39.7 Å². The Bertz CT molecular complexity index is 233. The van der Waals surface area contributed by atoms with Crippen molar-refractivity contribution in [2.75, 3.05) is 0 Å². The van der Waals surface area contributed by atoms with E-state index in [1.165, 1.54) is 5.56 Å².